The second kappa shape index (κ2) is 4.53. The number of aromatic hydroxyl groups is 1. The maximum Gasteiger partial charge on any atom is 0.115 e. The predicted octanol–water partition coefficient (Wildman–Crippen LogP) is 3.51. The third-order valence-electron chi connectivity index (χ3n) is 2.12. The first kappa shape index (κ1) is 10.3. The van der Waals surface area contributed by atoms with Crippen LogP contribution in [0, 0.1) is 6.92 Å². The van der Waals surface area contributed by atoms with Gasteiger partial charge in [-0.1, -0.05) is 0 Å². The van der Waals surface area contributed by atoms with E-state index in [1.54, 1.807) is 42.7 Å². The van der Waals surface area contributed by atoms with Crippen molar-refractivity contribution in [2.24, 2.45) is 10.2 Å². The number of pyridine rings is 1. The molecule has 0 aliphatic carbocycles. The van der Waals surface area contributed by atoms with Gasteiger partial charge >= 0.3 is 0 Å². The Hall–Kier alpha value is -2.23. The number of hydrogen-bond donors (Lipinski definition) is 1. The fourth-order valence-corrected chi connectivity index (χ4v) is 1.27. The molecule has 16 heavy (non-hydrogen) atoms. The number of aromatic nitrogens is 1. The Labute approximate surface area is 93.3 Å². The van der Waals surface area contributed by atoms with Crippen LogP contribution in [0.1, 0.15) is 5.56 Å². The molecule has 1 N–H and O–H groups in total. The Morgan fingerprint density at radius 1 is 1.06 bits per heavy atom. The van der Waals surface area contributed by atoms with Gasteiger partial charge in [0.25, 0.3) is 0 Å². The van der Waals surface area contributed by atoms with Crippen LogP contribution >= 0.6 is 0 Å². The van der Waals surface area contributed by atoms with Gasteiger partial charge in [-0.2, -0.15) is 10.2 Å². The van der Waals surface area contributed by atoms with Gasteiger partial charge in [0.1, 0.15) is 5.75 Å². The quantitative estimate of drug-likeness (QED) is 0.776. The lowest BCUT2D eigenvalue weighted by Gasteiger charge is -1.98. The Morgan fingerprint density at radius 2 is 1.81 bits per heavy atom. The van der Waals surface area contributed by atoms with E-state index in [0.717, 1.165) is 16.9 Å². The third kappa shape index (κ3) is 2.42. The first-order valence-corrected chi connectivity index (χ1v) is 4.87. The summed E-state index contributed by atoms with van der Waals surface area (Å²) in [5.74, 6) is 0.236. The lowest BCUT2D eigenvalue weighted by molar-refractivity contribution is 0.475. The zero-order chi connectivity index (χ0) is 11.4. The van der Waals surface area contributed by atoms with Gasteiger partial charge in [-0.25, -0.2) is 0 Å². The largest absolute Gasteiger partial charge is 0.508 e. The van der Waals surface area contributed by atoms with Crippen LogP contribution in [-0.4, -0.2) is 10.1 Å². The molecule has 0 radical (unpaired) electrons. The van der Waals surface area contributed by atoms with E-state index in [9.17, 15) is 5.11 Å². The van der Waals surface area contributed by atoms with Crippen molar-refractivity contribution >= 4 is 11.4 Å². The maximum atomic E-state index is 9.24. The molecule has 0 fully saturated rings. The number of rotatable bonds is 2. The summed E-state index contributed by atoms with van der Waals surface area (Å²) >= 11 is 0. The minimum Gasteiger partial charge on any atom is -0.508 e. The van der Waals surface area contributed by atoms with E-state index in [1.165, 1.54) is 0 Å². The van der Waals surface area contributed by atoms with Crippen molar-refractivity contribution in [3.8, 4) is 5.75 Å². The monoisotopic (exact) mass is 213 g/mol. The molecule has 0 spiro atoms. The molecular weight excluding hydrogens is 202 g/mol. The molecule has 0 aliphatic heterocycles. The molecule has 0 saturated carbocycles. The molecule has 0 atom stereocenters. The number of hydrogen-bond acceptors (Lipinski definition) is 4. The number of azo groups is 1. The molecule has 0 aliphatic rings. The predicted molar refractivity (Wildman–Crippen MR) is 61.3 cm³/mol. The maximum absolute atomic E-state index is 9.24. The highest BCUT2D eigenvalue weighted by Crippen LogP contribution is 2.24. The molecule has 0 bridgehead atoms. The molecule has 4 heteroatoms. The van der Waals surface area contributed by atoms with E-state index in [-0.39, 0.29) is 5.75 Å². The lowest BCUT2D eigenvalue weighted by atomic mass is 10.2. The highest BCUT2D eigenvalue weighted by molar-refractivity contribution is 5.48. The molecular formula is C12H11N3O. The first-order valence-electron chi connectivity index (χ1n) is 4.87. The van der Waals surface area contributed by atoms with Crippen LogP contribution < -0.4 is 0 Å². The topological polar surface area (TPSA) is 57.8 Å². The summed E-state index contributed by atoms with van der Waals surface area (Å²) < 4.78 is 0. The van der Waals surface area contributed by atoms with E-state index >= 15 is 0 Å². The van der Waals surface area contributed by atoms with E-state index in [4.69, 9.17) is 0 Å². The fourth-order valence-electron chi connectivity index (χ4n) is 1.27. The fraction of sp³-hybridized carbons (Fsp3) is 0.0833. The highest BCUT2D eigenvalue weighted by atomic mass is 16.3. The van der Waals surface area contributed by atoms with Gasteiger partial charge in [0.05, 0.1) is 11.4 Å². The number of phenols is 1. The Balaban J connectivity index is 2.24. The van der Waals surface area contributed by atoms with Crippen molar-refractivity contribution in [1.29, 1.82) is 0 Å². The van der Waals surface area contributed by atoms with Gasteiger partial charge in [0.2, 0.25) is 0 Å². The summed E-state index contributed by atoms with van der Waals surface area (Å²) in [7, 11) is 0. The number of benzene rings is 1. The van der Waals surface area contributed by atoms with Crippen molar-refractivity contribution in [3.05, 3.63) is 48.3 Å². The Morgan fingerprint density at radius 3 is 2.50 bits per heavy atom. The van der Waals surface area contributed by atoms with Gasteiger partial charge in [0.15, 0.2) is 0 Å². The molecule has 80 valence electrons. The number of aryl methyl sites for hydroxylation is 1. The molecule has 0 saturated heterocycles. The van der Waals surface area contributed by atoms with Gasteiger partial charge in [0, 0.05) is 12.4 Å². The lowest BCUT2D eigenvalue weighted by Crippen LogP contribution is -1.73. The van der Waals surface area contributed by atoms with Crippen LogP contribution in [-0.2, 0) is 0 Å². The zero-order valence-electron chi connectivity index (χ0n) is 8.83. The highest BCUT2D eigenvalue weighted by Gasteiger charge is 1.97. The van der Waals surface area contributed by atoms with Gasteiger partial charge in [-0.05, 0) is 42.8 Å². The Bertz CT molecular complexity index is 509. The smallest absolute Gasteiger partial charge is 0.115 e. The molecule has 2 aromatic rings. The molecule has 1 aromatic carbocycles. The molecule has 0 unspecified atom stereocenters. The van der Waals surface area contributed by atoms with Crippen LogP contribution in [0.2, 0.25) is 0 Å². The van der Waals surface area contributed by atoms with E-state index in [0.29, 0.717) is 0 Å². The second-order valence-corrected chi connectivity index (χ2v) is 3.38. The minimum absolute atomic E-state index is 0.236. The van der Waals surface area contributed by atoms with Crippen LogP contribution in [0.5, 0.6) is 5.75 Å². The van der Waals surface area contributed by atoms with Gasteiger partial charge < -0.3 is 5.11 Å². The zero-order valence-corrected chi connectivity index (χ0v) is 8.83. The Kier molecular flexibility index (Phi) is 2.91. The van der Waals surface area contributed by atoms with Crippen molar-refractivity contribution in [2.45, 2.75) is 6.92 Å². The van der Waals surface area contributed by atoms with Crippen molar-refractivity contribution in [1.82, 2.24) is 4.98 Å². The van der Waals surface area contributed by atoms with Gasteiger partial charge in [-0.3, -0.25) is 4.98 Å². The van der Waals surface area contributed by atoms with Crippen LogP contribution in [0.4, 0.5) is 11.4 Å². The van der Waals surface area contributed by atoms with Gasteiger partial charge in [-0.15, -0.1) is 0 Å². The van der Waals surface area contributed by atoms with Crippen molar-refractivity contribution in [2.75, 3.05) is 0 Å². The molecule has 2 rings (SSSR count). The standard InChI is InChI=1S/C12H11N3O/c1-9-8-11(16)2-3-12(9)15-14-10-4-6-13-7-5-10/h2-8,16H,1H3. The van der Waals surface area contributed by atoms with E-state index < -0.39 is 0 Å². The van der Waals surface area contributed by atoms with Crippen molar-refractivity contribution < 1.29 is 5.11 Å². The van der Waals surface area contributed by atoms with E-state index in [1.807, 2.05) is 6.92 Å². The summed E-state index contributed by atoms with van der Waals surface area (Å²) in [6.45, 7) is 1.88. The molecule has 0 amide bonds. The van der Waals surface area contributed by atoms with Crippen LogP contribution in [0.15, 0.2) is 53.0 Å². The van der Waals surface area contributed by atoms with E-state index in [2.05, 4.69) is 15.2 Å². The summed E-state index contributed by atoms with van der Waals surface area (Å²) in [5.41, 5.74) is 2.38. The normalized spacial score (nSPS) is 10.8. The molecule has 4 nitrogen and oxygen atoms in total. The average molecular weight is 213 g/mol. The van der Waals surface area contributed by atoms with Crippen molar-refractivity contribution in [3.63, 3.8) is 0 Å². The minimum atomic E-state index is 0.236. The average Bonchev–Trinajstić information content (AvgIpc) is 2.29. The summed E-state index contributed by atoms with van der Waals surface area (Å²) in [4.78, 5) is 3.89. The summed E-state index contributed by atoms with van der Waals surface area (Å²) in [6, 6.07) is 8.53. The summed E-state index contributed by atoms with van der Waals surface area (Å²) in [6.07, 6.45) is 3.33. The van der Waals surface area contributed by atoms with Crippen LogP contribution in [0.25, 0.3) is 0 Å². The number of nitrogens with zero attached hydrogens (tertiary/aromatic N) is 3. The number of phenolic OH excluding ortho intramolecular Hbond substituents is 1. The van der Waals surface area contributed by atoms with Crippen LogP contribution in [0.3, 0.4) is 0 Å². The first-order chi connectivity index (χ1) is 7.75. The molecule has 1 aromatic heterocycles. The third-order valence-corrected chi connectivity index (χ3v) is 2.12. The molecule has 1 heterocycles. The second-order valence-electron chi connectivity index (χ2n) is 3.38. The summed E-state index contributed by atoms with van der Waals surface area (Å²) in [5, 5.41) is 17.4. The SMILES string of the molecule is Cc1cc(O)ccc1N=Nc1ccncc1.